The van der Waals surface area contributed by atoms with Crippen LogP contribution in [0.25, 0.3) is 0 Å². The summed E-state index contributed by atoms with van der Waals surface area (Å²) in [6, 6.07) is 10.4. The molecule has 1 N–H and O–H groups in total. The van der Waals surface area contributed by atoms with Crippen LogP contribution in [0.1, 0.15) is 22.3 Å². The minimum absolute atomic E-state index is 0.0481. The van der Waals surface area contributed by atoms with Crippen molar-refractivity contribution in [2.45, 2.75) is 12.8 Å². The molecule has 7 heteroatoms. The van der Waals surface area contributed by atoms with Crippen LogP contribution in [0.4, 0.5) is 11.4 Å². The first-order valence-electron chi connectivity index (χ1n) is 8.60. The van der Waals surface area contributed by atoms with Gasteiger partial charge in [-0.25, -0.2) is 0 Å². The summed E-state index contributed by atoms with van der Waals surface area (Å²) in [6.07, 6.45) is 1.71. The first-order chi connectivity index (χ1) is 13.0. The van der Waals surface area contributed by atoms with E-state index in [9.17, 15) is 9.59 Å². The third-order valence-electron chi connectivity index (χ3n) is 4.43. The molecule has 1 aliphatic rings. The average Bonchev–Trinajstić information content (AvgIpc) is 2.67. The molecule has 0 unspecified atom stereocenters. The molecule has 0 fully saturated rings. The summed E-state index contributed by atoms with van der Waals surface area (Å²) < 4.78 is 10.2. The molecule has 0 aromatic heterocycles. The Morgan fingerprint density at radius 1 is 1.19 bits per heavy atom. The second-order valence-corrected chi connectivity index (χ2v) is 6.66. The number of hydrogen-bond donors (Lipinski definition) is 1. The number of carbonyl (C=O) groups is 2. The molecule has 27 heavy (non-hydrogen) atoms. The highest BCUT2D eigenvalue weighted by molar-refractivity contribution is 6.31. The third-order valence-corrected chi connectivity index (χ3v) is 4.67. The highest BCUT2D eigenvalue weighted by Crippen LogP contribution is 2.30. The smallest absolute Gasteiger partial charge is 0.259 e. The van der Waals surface area contributed by atoms with Gasteiger partial charge in [0, 0.05) is 30.1 Å². The van der Waals surface area contributed by atoms with E-state index >= 15 is 0 Å². The lowest BCUT2D eigenvalue weighted by Crippen LogP contribution is -2.37. The van der Waals surface area contributed by atoms with Crippen molar-refractivity contribution < 1.29 is 19.1 Å². The molecule has 0 saturated carbocycles. The van der Waals surface area contributed by atoms with E-state index in [4.69, 9.17) is 21.1 Å². The normalized spacial score (nSPS) is 13.1. The number of nitrogens with zero attached hydrogens (tertiary/aromatic N) is 1. The van der Waals surface area contributed by atoms with Crippen molar-refractivity contribution >= 4 is 34.8 Å². The molecule has 1 heterocycles. The average molecular weight is 389 g/mol. The number of halogens is 1. The highest BCUT2D eigenvalue weighted by atomic mass is 35.5. The fourth-order valence-corrected chi connectivity index (χ4v) is 3.36. The van der Waals surface area contributed by atoms with Crippen LogP contribution in [0.15, 0.2) is 36.4 Å². The maximum absolute atomic E-state index is 12.6. The maximum Gasteiger partial charge on any atom is 0.259 e. The summed E-state index contributed by atoms with van der Waals surface area (Å²) in [5.74, 6) is 0.0718. The fraction of sp³-hybridized carbons (Fsp3) is 0.300. The Morgan fingerprint density at radius 3 is 2.74 bits per heavy atom. The number of rotatable bonds is 5. The van der Waals surface area contributed by atoms with Crippen LogP contribution in [0.3, 0.4) is 0 Å². The molecule has 2 amide bonds. The van der Waals surface area contributed by atoms with E-state index in [1.165, 1.54) is 14.2 Å². The Balaban J connectivity index is 1.82. The molecule has 6 nitrogen and oxygen atoms in total. The zero-order valence-electron chi connectivity index (χ0n) is 15.3. The van der Waals surface area contributed by atoms with E-state index in [-0.39, 0.29) is 18.4 Å². The molecule has 0 spiro atoms. The first-order valence-corrected chi connectivity index (χ1v) is 8.98. The Labute approximate surface area is 163 Å². The van der Waals surface area contributed by atoms with E-state index in [1.807, 2.05) is 12.1 Å². The monoisotopic (exact) mass is 388 g/mol. The van der Waals surface area contributed by atoms with Gasteiger partial charge in [0.05, 0.1) is 12.7 Å². The lowest BCUT2D eigenvalue weighted by Gasteiger charge is -2.29. The van der Waals surface area contributed by atoms with Crippen LogP contribution in [0.2, 0.25) is 5.02 Å². The zero-order valence-corrected chi connectivity index (χ0v) is 16.0. The van der Waals surface area contributed by atoms with E-state index in [1.54, 1.807) is 29.2 Å². The molecule has 142 valence electrons. The molecule has 1 aliphatic heterocycles. The minimum Gasteiger partial charge on any atom is -0.496 e. The quantitative estimate of drug-likeness (QED) is 0.850. The molecule has 2 aromatic carbocycles. The van der Waals surface area contributed by atoms with E-state index in [0.29, 0.717) is 28.6 Å². The molecule has 3 rings (SSSR count). The molecular formula is C20H21ClN2O4. The number of aryl methyl sites for hydroxylation is 1. The number of fused-ring (bicyclic) bond motifs is 1. The van der Waals surface area contributed by atoms with Crippen LogP contribution in [-0.4, -0.2) is 39.2 Å². The molecule has 2 aromatic rings. The van der Waals surface area contributed by atoms with Gasteiger partial charge in [-0.15, -0.1) is 0 Å². The van der Waals surface area contributed by atoms with Crippen molar-refractivity contribution in [2.75, 3.05) is 37.6 Å². The van der Waals surface area contributed by atoms with Crippen LogP contribution >= 0.6 is 11.6 Å². The van der Waals surface area contributed by atoms with Gasteiger partial charge in [0.25, 0.3) is 11.8 Å². The van der Waals surface area contributed by atoms with Crippen molar-refractivity contribution in [1.82, 2.24) is 0 Å². The van der Waals surface area contributed by atoms with Gasteiger partial charge < -0.3 is 19.7 Å². The number of amides is 2. The molecule has 0 radical (unpaired) electrons. The summed E-state index contributed by atoms with van der Waals surface area (Å²) in [7, 11) is 3.01. The van der Waals surface area contributed by atoms with Gasteiger partial charge in [-0.1, -0.05) is 11.6 Å². The number of nitrogens with one attached hydrogen (secondary N) is 1. The van der Waals surface area contributed by atoms with Gasteiger partial charge in [-0.2, -0.15) is 0 Å². The minimum atomic E-state index is -0.308. The summed E-state index contributed by atoms with van der Waals surface area (Å²) in [5, 5.41) is 3.33. The van der Waals surface area contributed by atoms with E-state index in [0.717, 1.165) is 24.1 Å². The Kier molecular flexibility index (Phi) is 5.98. The summed E-state index contributed by atoms with van der Waals surface area (Å²) in [6.45, 7) is 0.715. The molecule has 0 atom stereocenters. The topological polar surface area (TPSA) is 67.9 Å². The largest absolute Gasteiger partial charge is 0.496 e. The SMILES string of the molecule is COCC(=O)N1CCCc2cc(NC(=O)c3cc(Cl)ccc3OC)ccc21. The van der Waals surface area contributed by atoms with E-state index < -0.39 is 0 Å². The van der Waals surface area contributed by atoms with Gasteiger partial charge >= 0.3 is 0 Å². The number of benzene rings is 2. The number of carbonyl (C=O) groups excluding carboxylic acids is 2. The second-order valence-electron chi connectivity index (χ2n) is 6.22. The second kappa shape index (κ2) is 8.41. The first kappa shape index (κ1) is 19.2. The van der Waals surface area contributed by atoms with E-state index in [2.05, 4.69) is 5.32 Å². The van der Waals surface area contributed by atoms with Gasteiger partial charge in [0.15, 0.2) is 0 Å². The molecule has 0 bridgehead atoms. The summed E-state index contributed by atoms with van der Waals surface area (Å²) in [4.78, 5) is 26.6. The molecule has 0 saturated heterocycles. The van der Waals surface area contributed by atoms with Crippen LogP contribution in [0, 0.1) is 0 Å². The number of ether oxygens (including phenoxy) is 2. The van der Waals surface area contributed by atoms with Crippen LogP contribution in [0.5, 0.6) is 5.75 Å². The Hall–Kier alpha value is -2.57. The van der Waals surface area contributed by atoms with Crippen molar-refractivity contribution in [3.63, 3.8) is 0 Å². The summed E-state index contributed by atoms with van der Waals surface area (Å²) >= 11 is 6.00. The third kappa shape index (κ3) is 4.23. The number of anilines is 2. The predicted molar refractivity (Wildman–Crippen MR) is 105 cm³/mol. The fourth-order valence-electron chi connectivity index (χ4n) is 3.19. The van der Waals surface area contributed by atoms with Gasteiger partial charge in [-0.3, -0.25) is 9.59 Å². The lowest BCUT2D eigenvalue weighted by atomic mass is 10.0. The van der Waals surface area contributed by atoms with Crippen LogP contribution < -0.4 is 15.0 Å². The standard InChI is InChI=1S/C20H21ClN2O4/c1-26-12-19(24)23-9-3-4-13-10-15(6-7-17(13)23)22-20(25)16-11-14(21)5-8-18(16)27-2/h5-8,10-11H,3-4,9,12H2,1-2H3,(H,22,25). The maximum atomic E-state index is 12.6. The number of methoxy groups -OCH3 is 2. The lowest BCUT2D eigenvalue weighted by molar-refractivity contribution is -0.122. The van der Waals surface area contributed by atoms with Gasteiger partial charge in [0.1, 0.15) is 12.4 Å². The Bertz CT molecular complexity index is 869. The van der Waals surface area contributed by atoms with Crippen molar-refractivity contribution in [1.29, 1.82) is 0 Å². The molecule has 0 aliphatic carbocycles. The van der Waals surface area contributed by atoms with Crippen LogP contribution in [-0.2, 0) is 16.0 Å². The zero-order chi connectivity index (χ0) is 19.4. The molecular weight excluding hydrogens is 368 g/mol. The predicted octanol–water partition coefficient (Wildman–Crippen LogP) is 3.53. The van der Waals surface area contributed by atoms with Crippen molar-refractivity contribution in [2.24, 2.45) is 0 Å². The van der Waals surface area contributed by atoms with Gasteiger partial charge in [0.2, 0.25) is 0 Å². The highest BCUT2D eigenvalue weighted by Gasteiger charge is 2.23. The Morgan fingerprint density at radius 2 is 2.00 bits per heavy atom. The number of hydrogen-bond acceptors (Lipinski definition) is 4. The van der Waals surface area contributed by atoms with Crippen molar-refractivity contribution in [3.8, 4) is 5.75 Å². The summed E-state index contributed by atoms with van der Waals surface area (Å²) in [5.41, 5.74) is 2.89. The van der Waals surface area contributed by atoms with Crippen molar-refractivity contribution in [3.05, 3.63) is 52.5 Å². The van der Waals surface area contributed by atoms with Gasteiger partial charge in [-0.05, 0) is 54.8 Å².